The minimum atomic E-state index is -0.523. The molecule has 2 heterocycles. The van der Waals surface area contributed by atoms with Crippen LogP contribution in [0, 0.1) is 5.82 Å². The summed E-state index contributed by atoms with van der Waals surface area (Å²) in [5.74, 6) is 0.0827. The molecule has 3 aromatic rings. The van der Waals surface area contributed by atoms with Crippen molar-refractivity contribution >= 4 is 23.2 Å². The van der Waals surface area contributed by atoms with E-state index in [2.05, 4.69) is 15.5 Å². The molecule has 1 atom stereocenters. The Morgan fingerprint density at radius 1 is 1.25 bits per heavy atom. The van der Waals surface area contributed by atoms with Gasteiger partial charge in [-0.15, -0.1) is 0 Å². The van der Waals surface area contributed by atoms with Crippen molar-refractivity contribution in [2.24, 2.45) is 0 Å². The lowest BCUT2D eigenvalue weighted by atomic mass is 9.94. The molecule has 9 heteroatoms. The number of aromatic nitrogens is 2. The van der Waals surface area contributed by atoms with Gasteiger partial charge in [-0.1, -0.05) is 35.8 Å². The summed E-state index contributed by atoms with van der Waals surface area (Å²) in [5, 5.41) is 7.66. The van der Waals surface area contributed by atoms with Gasteiger partial charge in [-0.05, 0) is 49.2 Å². The van der Waals surface area contributed by atoms with Gasteiger partial charge in [0.2, 0.25) is 5.82 Å². The van der Waals surface area contributed by atoms with Gasteiger partial charge in [0.25, 0.3) is 5.89 Å². The largest absolute Gasteiger partial charge is 0.494 e. The quantitative estimate of drug-likeness (QED) is 0.533. The van der Waals surface area contributed by atoms with E-state index in [0.29, 0.717) is 28.4 Å². The third-order valence-electron chi connectivity index (χ3n) is 5.31. The summed E-state index contributed by atoms with van der Waals surface area (Å²) >= 11 is 6.04. The number of amides is 2. The van der Waals surface area contributed by atoms with Crippen LogP contribution in [0.15, 0.2) is 52.7 Å². The molecule has 7 nitrogen and oxygen atoms in total. The molecule has 0 aliphatic carbocycles. The number of urea groups is 1. The third kappa shape index (κ3) is 4.05. The number of hydrogen-bond donors (Lipinski definition) is 1. The molecule has 2 aromatic carbocycles. The number of ether oxygens (including phenoxy) is 1. The topological polar surface area (TPSA) is 80.5 Å². The third-order valence-corrected chi connectivity index (χ3v) is 5.57. The number of carbonyl (C=O) groups is 1. The molecule has 1 N–H and O–H groups in total. The van der Waals surface area contributed by atoms with Gasteiger partial charge in [-0.25, -0.2) is 9.18 Å². The predicted molar refractivity (Wildman–Crippen MR) is 119 cm³/mol. The molecule has 0 spiro atoms. The summed E-state index contributed by atoms with van der Waals surface area (Å²) in [5.41, 5.74) is 2.66. The maximum atomic E-state index is 14.2. The van der Waals surface area contributed by atoms with Crippen LogP contribution in [0.1, 0.15) is 37.8 Å². The highest BCUT2D eigenvalue weighted by Gasteiger charge is 2.35. The number of hydrogen-bond acceptors (Lipinski definition) is 5. The highest BCUT2D eigenvalue weighted by atomic mass is 35.5. The number of methoxy groups -OCH3 is 1. The van der Waals surface area contributed by atoms with Crippen molar-refractivity contribution in [2.75, 3.05) is 13.7 Å². The van der Waals surface area contributed by atoms with Crippen LogP contribution in [0.25, 0.3) is 17.0 Å². The highest BCUT2D eigenvalue weighted by molar-refractivity contribution is 6.30. The first-order valence-electron chi connectivity index (χ1n) is 10.1. The van der Waals surface area contributed by atoms with Crippen molar-refractivity contribution in [3.05, 3.63) is 70.5 Å². The molecule has 1 aliphatic heterocycles. The standard InChI is InChI=1S/C23H22ClFN4O3/c1-4-11-29-13(2)19(20(26-23(29)30)14-5-8-16(24)9-6-14)22-27-21(28-32-22)15-7-10-18(31-3)17(25)12-15/h5-10,12,20H,4,11H2,1-3H3,(H,26,30). The molecule has 0 saturated heterocycles. The number of nitrogens with one attached hydrogen (secondary N) is 1. The van der Waals surface area contributed by atoms with Crippen LogP contribution in [0.5, 0.6) is 5.75 Å². The maximum absolute atomic E-state index is 14.2. The fraction of sp³-hybridized carbons (Fsp3) is 0.261. The first-order valence-corrected chi connectivity index (χ1v) is 10.5. The van der Waals surface area contributed by atoms with E-state index < -0.39 is 11.9 Å². The average molecular weight is 457 g/mol. The molecule has 1 aliphatic rings. The Hall–Kier alpha value is -3.39. The van der Waals surface area contributed by atoms with E-state index in [1.807, 2.05) is 26.0 Å². The van der Waals surface area contributed by atoms with E-state index in [1.165, 1.54) is 19.2 Å². The lowest BCUT2D eigenvalue weighted by Gasteiger charge is -2.35. The Morgan fingerprint density at radius 3 is 2.66 bits per heavy atom. The van der Waals surface area contributed by atoms with E-state index in [1.54, 1.807) is 23.1 Å². The van der Waals surface area contributed by atoms with Crippen LogP contribution >= 0.6 is 11.6 Å². The zero-order chi connectivity index (χ0) is 22.8. The average Bonchev–Trinajstić information content (AvgIpc) is 3.26. The summed E-state index contributed by atoms with van der Waals surface area (Å²) in [6, 6.07) is 10.9. The Bertz CT molecular complexity index is 1180. The molecule has 0 fully saturated rings. The SMILES string of the molecule is CCCN1C(=O)NC(c2ccc(Cl)cc2)C(c2nc(-c3ccc(OC)c(F)c3)no2)=C1C. The zero-order valence-corrected chi connectivity index (χ0v) is 18.6. The Kier molecular flexibility index (Phi) is 6.14. The van der Waals surface area contributed by atoms with Crippen LogP contribution in [0.2, 0.25) is 5.02 Å². The summed E-state index contributed by atoms with van der Waals surface area (Å²) in [7, 11) is 1.40. The van der Waals surface area contributed by atoms with Crippen LogP contribution in [0.4, 0.5) is 9.18 Å². The van der Waals surface area contributed by atoms with Crippen LogP contribution < -0.4 is 10.1 Å². The van der Waals surface area contributed by atoms with Crippen molar-refractivity contribution in [1.29, 1.82) is 0 Å². The first kappa shape index (κ1) is 21.8. The van der Waals surface area contributed by atoms with Gasteiger partial charge >= 0.3 is 6.03 Å². The predicted octanol–water partition coefficient (Wildman–Crippen LogP) is 5.45. The van der Waals surface area contributed by atoms with Crippen LogP contribution in [-0.4, -0.2) is 34.7 Å². The second-order valence-corrected chi connectivity index (χ2v) is 7.79. The molecule has 4 rings (SSSR count). The van der Waals surface area contributed by atoms with E-state index >= 15 is 0 Å². The molecule has 166 valence electrons. The fourth-order valence-corrected chi connectivity index (χ4v) is 3.84. The molecule has 32 heavy (non-hydrogen) atoms. The molecular formula is C23H22ClFN4O3. The number of allylic oxidation sites excluding steroid dienone is 1. The summed E-state index contributed by atoms with van der Waals surface area (Å²) in [4.78, 5) is 18.9. The van der Waals surface area contributed by atoms with Crippen LogP contribution in [0.3, 0.4) is 0 Å². The lowest BCUT2D eigenvalue weighted by Crippen LogP contribution is -2.46. The highest BCUT2D eigenvalue weighted by Crippen LogP contribution is 2.37. The van der Waals surface area contributed by atoms with Gasteiger partial charge in [0, 0.05) is 22.8 Å². The smallest absolute Gasteiger partial charge is 0.322 e. The minimum Gasteiger partial charge on any atom is -0.494 e. The van der Waals surface area contributed by atoms with Gasteiger partial charge in [0.15, 0.2) is 11.6 Å². The number of halogens is 2. The van der Waals surface area contributed by atoms with Crippen molar-refractivity contribution in [1.82, 2.24) is 20.4 Å². The minimum absolute atomic E-state index is 0.129. The van der Waals surface area contributed by atoms with Crippen molar-refractivity contribution in [3.63, 3.8) is 0 Å². The maximum Gasteiger partial charge on any atom is 0.322 e. The van der Waals surface area contributed by atoms with Crippen molar-refractivity contribution in [3.8, 4) is 17.1 Å². The Labute approximate surface area is 189 Å². The Balaban J connectivity index is 1.79. The molecule has 0 saturated carbocycles. The fourth-order valence-electron chi connectivity index (χ4n) is 3.71. The molecule has 1 aromatic heterocycles. The molecule has 2 amide bonds. The second-order valence-electron chi connectivity index (χ2n) is 7.36. The van der Waals surface area contributed by atoms with Gasteiger partial charge in [-0.2, -0.15) is 4.98 Å². The number of nitrogens with zero attached hydrogens (tertiary/aromatic N) is 3. The monoisotopic (exact) mass is 456 g/mol. The summed E-state index contributed by atoms with van der Waals surface area (Å²) in [6.07, 6.45) is 0.782. The normalized spacial score (nSPS) is 16.3. The van der Waals surface area contributed by atoms with Crippen molar-refractivity contribution in [2.45, 2.75) is 26.3 Å². The molecule has 0 radical (unpaired) electrons. The van der Waals surface area contributed by atoms with E-state index in [-0.39, 0.29) is 23.5 Å². The first-order chi connectivity index (χ1) is 15.4. The number of benzene rings is 2. The van der Waals surface area contributed by atoms with Gasteiger partial charge in [0.05, 0.1) is 18.7 Å². The summed E-state index contributed by atoms with van der Waals surface area (Å²) in [6.45, 7) is 4.39. The van der Waals surface area contributed by atoms with E-state index in [4.69, 9.17) is 20.9 Å². The molecule has 1 unspecified atom stereocenters. The van der Waals surface area contributed by atoms with E-state index in [9.17, 15) is 9.18 Å². The number of rotatable bonds is 6. The zero-order valence-electron chi connectivity index (χ0n) is 17.9. The molecule has 0 bridgehead atoms. The van der Waals surface area contributed by atoms with Gasteiger partial charge in [-0.3, -0.25) is 4.90 Å². The number of carbonyl (C=O) groups excluding carboxylic acids is 1. The van der Waals surface area contributed by atoms with Gasteiger partial charge < -0.3 is 14.6 Å². The van der Waals surface area contributed by atoms with Crippen LogP contribution in [-0.2, 0) is 0 Å². The van der Waals surface area contributed by atoms with Gasteiger partial charge in [0.1, 0.15) is 0 Å². The van der Waals surface area contributed by atoms with E-state index in [0.717, 1.165) is 12.0 Å². The lowest BCUT2D eigenvalue weighted by molar-refractivity contribution is 0.205. The summed E-state index contributed by atoms with van der Waals surface area (Å²) < 4.78 is 24.7. The van der Waals surface area contributed by atoms with Crippen molar-refractivity contribution < 1.29 is 18.4 Å². The Morgan fingerprint density at radius 2 is 2.00 bits per heavy atom. The molecular weight excluding hydrogens is 435 g/mol. The second kappa shape index (κ2) is 9.00.